The fraction of sp³-hybridized carbons (Fsp3) is 0.526. The van der Waals surface area contributed by atoms with Gasteiger partial charge in [0.05, 0.1) is 23.2 Å². The van der Waals surface area contributed by atoms with Gasteiger partial charge in [-0.1, -0.05) is 6.07 Å². The minimum absolute atomic E-state index is 0.0402. The van der Waals surface area contributed by atoms with E-state index in [1.165, 1.54) is 5.56 Å². The molecule has 1 saturated heterocycles. The second kappa shape index (κ2) is 6.83. The number of sulfone groups is 1. The SMILES string of the molecule is Cc1nn([C@H]2CCS(=O)(=O)C2)c(C)c1CN(C)Cc1ccc2c(c1)OCO2. The van der Waals surface area contributed by atoms with Crippen molar-refractivity contribution in [1.29, 1.82) is 0 Å². The molecule has 8 heteroatoms. The molecule has 2 aromatic rings. The van der Waals surface area contributed by atoms with E-state index in [2.05, 4.69) is 23.1 Å². The summed E-state index contributed by atoms with van der Waals surface area (Å²) in [5.41, 5.74) is 4.36. The first kappa shape index (κ1) is 18.3. The number of hydrogen-bond donors (Lipinski definition) is 0. The number of hydrogen-bond acceptors (Lipinski definition) is 6. The zero-order valence-corrected chi connectivity index (χ0v) is 16.8. The van der Waals surface area contributed by atoms with E-state index in [9.17, 15) is 8.42 Å². The van der Waals surface area contributed by atoms with Gasteiger partial charge in [0.25, 0.3) is 0 Å². The van der Waals surface area contributed by atoms with Crippen LogP contribution in [0.3, 0.4) is 0 Å². The lowest BCUT2D eigenvalue weighted by Crippen LogP contribution is -2.18. The Hall–Kier alpha value is -2.06. The molecule has 146 valence electrons. The minimum atomic E-state index is -2.93. The van der Waals surface area contributed by atoms with Crippen molar-refractivity contribution in [2.45, 2.75) is 39.4 Å². The molecule has 1 fully saturated rings. The van der Waals surface area contributed by atoms with E-state index in [-0.39, 0.29) is 24.3 Å². The summed E-state index contributed by atoms with van der Waals surface area (Å²) in [6, 6.07) is 5.98. The first-order valence-electron chi connectivity index (χ1n) is 9.14. The Morgan fingerprint density at radius 3 is 2.74 bits per heavy atom. The van der Waals surface area contributed by atoms with Gasteiger partial charge >= 0.3 is 0 Å². The Balaban J connectivity index is 1.47. The first-order chi connectivity index (χ1) is 12.8. The highest BCUT2D eigenvalue weighted by Crippen LogP contribution is 2.33. The maximum absolute atomic E-state index is 11.8. The molecular weight excluding hydrogens is 366 g/mol. The molecule has 1 aromatic heterocycles. The number of benzene rings is 1. The van der Waals surface area contributed by atoms with Crippen molar-refractivity contribution in [2.24, 2.45) is 0 Å². The number of ether oxygens (including phenoxy) is 2. The smallest absolute Gasteiger partial charge is 0.231 e. The third-order valence-electron chi connectivity index (χ3n) is 5.35. The summed E-state index contributed by atoms with van der Waals surface area (Å²) < 4.78 is 36.4. The quantitative estimate of drug-likeness (QED) is 0.778. The van der Waals surface area contributed by atoms with Crippen molar-refractivity contribution >= 4 is 9.84 Å². The summed E-state index contributed by atoms with van der Waals surface area (Å²) >= 11 is 0. The van der Waals surface area contributed by atoms with Crippen LogP contribution in [0.15, 0.2) is 18.2 Å². The highest BCUT2D eigenvalue weighted by molar-refractivity contribution is 7.91. The predicted octanol–water partition coefficient (Wildman–Crippen LogP) is 2.22. The molecule has 0 saturated carbocycles. The summed E-state index contributed by atoms with van der Waals surface area (Å²) in [7, 11) is -0.856. The lowest BCUT2D eigenvalue weighted by atomic mass is 10.1. The van der Waals surface area contributed by atoms with Gasteiger partial charge in [0.2, 0.25) is 6.79 Å². The number of rotatable bonds is 5. The molecule has 4 rings (SSSR count). The molecule has 1 atom stereocenters. The van der Waals surface area contributed by atoms with Gasteiger partial charge in [-0.3, -0.25) is 9.58 Å². The summed E-state index contributed by atoms with van der Waals surface area (Å²) in [6.07, 6.45) is 0.650. The zero-order chi connectivity index (χ0) is 19.2. The van der Waals surface area contributed by atoms with E-state index >= 15 is 0 Å². The van der Waals surface area contributed by atoms with Crippen LogP contribution < -0.4 is 9.47 Å². The monoisotopic (exact) mass is 391 g/mol. The highest BCUT2D eigenvalue weighted by atomic mass is 32.2. The van der Waals surface area contributed by atoms with E-state index in [0.717, 1.165) is 41.5 Å². The molecule has 0 radical (unpaired) electrons. The molecule has 0 N–H and O–H groups in total. The Morgan fingerprint density at radius 1 is 1.22 bits per heavy atom. The lowest BCUT2D eigenvalue weighted by Gasteiger charge is -2.18. The van der Waals surface area contributed by atoms with Crippen LogP contribution in [-0.4, -0.2) is 48.4 Å². The van der Waals surface area contributed by atoms with Crippen molar-refractivity contribution in [3.05, 3.63) is 40.7 Å². The predicted molar refractivity (Wildman–Crippen MR) is 102 cm³/mol. The van der Waals surface area contributed by atoms with E-state index in [0.29, 0.717) is 6.42 Å². The average Bonchev–Trinajstić information content (AvgIpc) is 3.28. The Morgan fingerprint density at radius 2 is 2.00 bits per heavy atom. The van der Waals surface area contributed by atoms with E-state index in [4.69, 9.17) is 9.47 Å². The van der Waals surface area contributed by atoms with Gasteiger partial charge in [-0.05, 0) is 45.0 Å². The number of aryl methyl sites for hydroxylation is 1. The number of nitrogens with zero attached hydrogens (tertiary/aromatic N) is 3. The topological polar surface area (TPSA) is 73.7 Å². The third kappa shape index (κ3) is 3.68. The maximum Gasteiger partial charge on any atom is 0.231 e. The van der Waals surface area contributed by atoms with Crippen LogP contribution in [-0.2, 0) is 22.9 Å². The van der Waals surface area contributed by atoms with Gasteiger partial charge in [-0.2, -0.15) is 5.10 Å². The molecular formula is C19H25N3O4S. The Bertz CT molecular complexity index is 968. The summed E-state index contributed by atoms with van der Waals surface area (Å²) in [5.74, 6) is 2.04. The van der Waals surface area contributed by atoms with Crippen molar-refractivity contribution in [3.8, 4) is 11.5 Å². The van der Waals surface area contributed by atoms with Crippen molar-refractivity contribution in [3.63, 3.8) is 0 Å². The van der Waals surface area contributed by atoms with E-state index < -0.39 is 9.84 Å². The molecule has 1 aromatic carbocycles. The Labute approximate surface area is 159 Å². The normalized spacial score (nSPS) is 20.5. The molecule has 2 aliphatic rings. The fourth-order valence-electron chi connectivity index (χ4n) is 3.93. The molecule has 0 bridgehead atoms. The van der Waals surface area contributed by atoms with Crippen molar-refractivity contribution < 1.29 is 17.9 Å². The summed E-state index contributed by atoms with van der Waals surface area (Å²) in [4.78, 5) is 2.23. The van der Waals surface area contributed by atoms with Crippen molar-refractivity contribution in [2.75, 3.05) is 25.3 Å². The zero-order valence-electron chi connectivity index (χ0n) is 15.9. The summed E-state index contributed by atoms with van der Waals surface area (Å²) in [6.45, 7) is 5.85. The van der Waals surface area contributed by atoms with Crippen LogP contribution in [0.25, 0.3) is 0 Å². The van der Waals surface area contributed by atoms with Crippen LogP contribution in [0.2, 0.25) is 0 Å². The molecule has 0 amide bonds. The second-order valence-electron chi connectivity index (χ2n) is 7.51. The van der Waals surface area contributed by atoms with Gasteiger partial charge in [0, 0.05) is 24.3 Å². The average molecular weight is 391 g/mol. The minimum Gasteiger partial charge on any atom is -0.454 e. The maximum atomic E-state index is 11.8. The van der Waals surface area contributed by atoms with Gasteiger partial charge in [-0.15, -0.1) is 0 Å². The van der Waals surface area contributed by atoms with Crippen LogP contribution in [0.1, 0.15) is 35.0 Å². The second-order valence-corrected chi connectivity index (χ2v) is 9.74. The van der Waals surface area contributed by atoms with Gasteiger partial charge in [-0.25, -0.2) is 8.42 Å². The molecule has 7 nitrogen and oxygen atoms in total. The van der Waals surface area contributed by atoms with Gasteiger partial charge in [0.15, 0.2) is 21.3 Å². The van der Waals surface area contributed by atoms with Gasteiger partial charge < -0.3 is 9.47 Å². The number of aromatic nitrogens is 2. The fourth-order valence-corrected chi connectivity index (χ4v) is 5.62. The van der Waals surface area contributed by atoms with Crippen LogP contribution >= 0.6 is 0 Å². The Kier molecular flexibility index (Phi) is 4.63. The standard InChI is InChI=1S/C19H25N3O4S/c1-13-17(14(2)22(20-13)16-6-7-27(23,24)11-16)10-21(3)9-15-4-5-18-19(8-15)26-12-25-18/h4-5,8,16H,6-7,9-12H2,1-3H3/t16-/m0/s1. The molecule has 0 unspecified atom stereocenters. The van der Waals surface area contributed by atoms with Crippen LogP contribution in [0.5, 0.6) is 11.5 Å². The van der Waals surface area contributed by atoms with Gasteiger partial charge in [0.1, 0.15) is 0 Å². The molecule has 0 spiro atoms. The number of fused-ring (bicyclic) bond motifs is 1. The molecule has 27 heavy (non-hydrogen) atoms. The molecule has 0 aliphatic carbocycles. The van der Waals surface area contributed by atoms with Crippen LogP contribution in [0.4, 0.5) is 0 Å². The molecule has 2 aliphatic heterocycles. The first-order valence-corrected chi connectivity index (χ1v) is 11.0. The largest absolute Gasteiger partial charge is 0.454 e. The molecule has 3 heterocycles. The summed E-state index contributed by atoms with van der Waals surface area (Å²) in [5, 5.41) is 4.65. The van der Waals surface area contributed by atoms with Crippen molar-refractivity contribution in [1.82, 2.24) is 14.7 Å². The lowest BCUT2D eigenvalue weighted by molar-refractivity contribution is 0.174. The third-order valence-corrected chi connectivity index (χ3v) is 7.10. The van der Waals surface area contributed by atoms with Crippen LogP contribution in [0, 0.1) is 13.8 Å². The highest BCUT2D eigenvalue weighted by Gasteiger charge is 2.31. The van der Waals surface area contributed by atoms with E-state index in [1.54, 1.807) is 0 Å². The van der Waals surface area contributed by atoms with E-state index in [1.807, 2.05) is 30.7 Å².